The number of aryl methyl sites for hydroxylation is 1. The van der Waals surface area contributed by atoms with Gasteiger partial charge in [0.25, 0.3) is 5.56 Å². The van der Waals surface area contributed by atoms with E-state index in [0.29, 0.717) is 6.54 Å². The molecule has 0 aromatic carbocycles. The van der Waals surface area contributed by atoms with Crippen molar-refractivity contribution < 1.29 is 18.3 Å². The second kappa shape index (κ2) is 5.21. The van der Waals surface area contributed by atoms with E-state index in [1.54, 1.807) is 6.92 Å². The Hall–Kier alpha value is -1.83. The summed E-state index contributed by atoms with van der Waals surface area (Å²) in [6.45, 7) is 3.20. The number of nitrogens with one attached hydrogen (secondary N) is 1. The quantitative estimate of drug-likeness (QED) is 0.791. The molecule has 0 radical (unpaired) electrons. The molecule has 1 aromatic heterocycles. The predicted molar refractivity (Wildman–Crippen MR) is 66.0 cm³/mol. The van der Waals surface area contributed by atoms with Gasteiger partial charge in [0.15, 0.2) is 5.25 Å². The van der Waals surface area contributed by atoms with Crippen LogP contribution in [-0.4, -0.2) is 29.3 Å². The Morgan fingerprint density at radius 2 is 2.11 bits per heavy atom. The van der Waals surface area contributed by atoms with Crippen LogP contribution in [0.2, 0.25) is 0 Å². The number of rotatable bonds is 5. The lowest BCUT2D eigenvalue weighted by atomic mass is 10.4. The van der Waals surface area contributed by atoms with Crippen LogP contribution in [0.15, 0.2) is 23.1 Å². The summed E-state index contributed by atoms with van der Waals surface area (Å²) in [5.74, 6) is -1.44. The first-order valence-electron chi connectivity index (χ1n) is 5.23. The fraction of sp³-hybridized carbons (Fsp3) is 0.400. The van der Waals surface area contributed by atoms with Gasteiger partial charge in [-0.05, 0) is 19.9 Å². The van der Waals surface area contributed by atoms with Gasteiger partial charge in [-0.25, -0.2) is 8.42 Å². The van der Waals surface area contributed by atoms with E-state index in [9.17, 15) is 18.0 Å². The van der Waals surface area contributed by atoms with Crippen molar-refractivity contribution in [2.45, 2.75) is 25.6 Å². The number of aliphatic carboxylic acids is 1. The Morgan fingerprint density at radius 3 is 2.61 bits per heavy atom. The summed E-state index contributed by atoms with van der Waals surface area (Å²) < 4.78 is 26.7. The van der Waals surface area contributed by atoms with Crippen LogP contribution in [0.3, 0.4) is 0 Å². The highest BCUT2D eigenvalue weighted by Gasteiger charge is 2.27. The second-order valence-electron chi connectivity index (χ2n) is 3.67. The Bertz CT molecular complexity index is 605. The number of aromatic nitrogens is 1. The number of carboxylic acids is 1. The zero-order valence-electron chi connectivity index (χ0n) is 9.95. The number of pyridine rings is 1. The van der Waals surface area contributed by atoms with Gasteiger partial charge in [0.05, 0.1) is 5.69 Å². The molecule has 8 heteroatoms. The van der Waals surface area contributed by atoms with Crippen LogP contribution in [0.25, 0.3) is 0 Å². The summed E-state index contributed by atoms with van der Waals surface area (Å²) in [5, 5.41) is 7.10. The van der Waals surface area contributed by atoms with Crippen LogP contribution in [0.5, 0.6) is 0 Å². The third-order valence-electron chi connectivity index (χ3n) is 2.40. The fourth-order valence-electron chi connectivity index (χ4n) is 1.22. The molecule has 100 valence electrons. The minimum Gasteiger partial charge on any atom is -0.480 e. The van der Waals surface area contributed by atoms with Gasteiger partial charge >= 0.3 is 5.97 Å². The lowest BCUT2D eigenvalue weighted by molar-refractivity contribution is -0.136. The molecule has 1 rings (SSSR count). The van der Waals surface area contributed by atoms with Crippen LogP contribution in [0.4, 0.5) is 5.69 Å². The van der Waals surface area contributed by atoms with Crippen LogP contribution in [-0.2, 0) is 21.4 Å². The van der Waals surface area contributed by atoms with Crippen molar-refractivity contribution in [3.8, 4) is 0 Å². The van der Waals surface area contributed by atoms with Crippen molar-refractivity contribution in [2.24, 2.45) is 0 Å². The molecule has 0 aliphatic carbocycles. The number of hydrogen-bond donors (Lipinski definition) is 2. The third-order valence-corrected chi connectivity index (χ3v) is 4.05. The zero-order valence-corrected chi connectivity index (χ0v) is 10.8. The molecule has 0 amide bonds. The number of nitrogens with zero attached hydrogens (tertiary/aromatic N) is 1. The topological polar surface area (TPSA) is 105 Å². The molecule has 7 nitrogen and oxygen atoms in total. The first-order chi connectivity index (χ1) is 8.27. The highest BCUT2D eigenvalue weighted by Crippen LogP contribution is 2.10. The first-order valence-corrected chi connectivity index (χ1v) is 6.77. The highest BCUT2D eigenvalue weighted by molar-refractivity contribution is 7.94. The molecule has 18 heavy (non-hydrogen) atoms. The molecule has 0 fully saturated rings. The summed E-state index contributed by atoms with van der Waals surface area (Å²) in [7, 11) is -4.02. The van der Waals surface area contributed by atoms with Gasteiger partial charge in [0.2, 0.25) is 10.0 Å². The van der Waals surface area contributed by atoms with E-state index < -0.39 is 21.2 Å². The largest absolute Gasteiger partial charge is 0.480 e. The Balaban J connectivity index is 3.05. The molecule has 0 saturated heterocycles. The number of carbonyl (C=O) groups is 1. The van der Waals surface area contributed by atoms with Crippen molar-refractivity contribution in [1.29, 1.82) is 0 Å². The lowest BCUT2D eigenvalue weighted by Crippen LogP contribution is -2.32. The predicted octanol–water partition coefficient (Wildman–Crippen LogP) is 0.0830. The molecule has 0 spiro atoms. The van der Waals surface area contributed by atoms with Crippen LogP contribution < -0.4 is 10.3 Å². The van der Waals surface area contributed by atoms with Crippen molar-refractivity contribution in [3.05, 3.63) is 28.7 Å². The van der Waals surface area contributed by atoms with Crippen molar-refractivity contribution >= 4 is 21.7 Å². The van der Waals surface area contributed by atoms with E-state index in [1.165, 1.54) is 22.9 Å². The Kier molecular flexibility index (Phi) is 4.12. The number of anilines is 1. The van der Waals surface area contributed by atoms with Gasteiger partial charge in [-0.15, -0.1) is 0 Å². The number of carboxylic acid groups (broad SMARTS) is 1. The number of sulfonamides is 1. The van der Waals surface area contributed by atoms with Gasteiger partial charge in [-0.3, -0.25) is 14.3 Å². The molecule has 1 aromatic rings. The van der Waals surface area contributed by atoms with E-state index >= 15 is 0 Å². The van der Waals surface area contributed by atoms with E-state index in [0.717, 1.165) is 6.92 Å². The third kappa shape index (κ3) is 3.10. The monoisotopic (exact) mass is 274 g/mol. The van der Waals surface area contributed by atoms with E-state index in [2.05, 4.69) is 4.72 Å². The van der Waals surface area contributed by atoms with Gasteiger partial charge in [-0.1, -0.05) is 0 Å². The maximum absolute atomic E-state index is 11.6. The molecule has 2 N–H and O–H groups in total. The molecule has 0 aliphatic rings. The smallest absolute Gasteiger partial charge is 0.323 e. The van der Waals surface area contributed by atoms with Gasteiger partial charge in [-0.2, -0.15) is 0 Å². The summed E-state index contributed by atoms with van der Waals surface area (Å²) in [4.78, 5) is 21.9. The molecule has 1 unspecified atom stereocenters. The summed E-state index contributed by atoms with van der Waals surface area (Å²) in [5.41, 5.74) is -0.101. The molecule has 1 heterocycles. The Morgan fingerprint density at radius 1 is 1.50 bits per heavy atom. The van der Waals surface area contributed by atoms with Gasteiger partial charge < -0.3 is 9.67 Å². The molecular formula is C10H14N2O5S. The maximum Gasteiger partial charge on any atom is 0.323 e. The SMILES string of the molecule is CCn1cc(NS(=O)(=O)C(C)C(=O)O)ccc1=O. The maximum atomic E-state index is 11.6. The fourth-order valence-corrected chi connectivity index (χ4v) is 2.12. The molecule has 0 bridgehead atoms. The van der Waals surface area contributed by atoms with E-state index in [4.69, 9.17) is 5.11 Å². The lowest BCUT2D eigenvalue weighted by Gasteiger charge is -2.12. The normalized spacial score (nSPS) is 13.0. The van der Waals surface area contributed by atoms with Gasteiger partial charge in [0.1, 0.15) is 0 Å². The average Bonchev–Trinajstić information content (AvgIpc) is 2.30. The molecule has 0 saturated carbocycles. The molecular weight excluding hydrogens is 260 g/mol. The highest BCUT2D eigenvalue weighted by atomic mass is 32.2. The average molecular weight is 274 g/mol. The van der Waals surface area contributed by atoms with Crippen molar-refractivity contribution in [2.75, 3.05) is 4.72 Å². The zero-order chi connectivity index (χ0) is 13.9. The van der Waals surface area contributed by atoms with E-state index in [-0.39, 0.29) is 11.2 Å². The van der Waals surface area contributed by atoms with Crippen LogP contribution in [0.1, 0.15) is 13.8 Å². The summed E-state index contributed by atoms with van der Waals surface area (Å²) in [6.07, 6.45) is 1.33. The minimum absolute atomic E-state index is 0.157. The van der Waals surface area contributed by atoms with Crippen molar-refractivity contribution in [3.63, 3.8) is 0 Å². The van der Waals surface area contributed by atoms with E-state index in [1.807, 2.05) is 0 Å². The molecule has 1 atom stereocenters. The Labute approximate surface area is 104 Å². The number of hydrogen-bond acceptors (Lipinski definition) is 4. The van der Waals surface area contributed by atoms with Crippen LogP contribution in [0, 0.1) is 0 Å². The summed E-state index contributed by atoms with van der Waals surface area (Å²) in [6, 6.07) is 2.51. The van der Waals surface area contributed by atoms with Gasteiger partial charge in [0, 0.05) is 18.8 Å². The van der Waals surface area contributed by atoms with Crippen LogP contribution >= 0.6 is 0 Å². The minimum atomic E-state index is -4.02. The van der Waals surface area contributed by atoms with Crippen molar-refractivity contribution in [1.82, 2.24) is 4.57 Å². The summed E-state index contributed by atoms with van der Waals surface area (Å²) >= 11 is 0. The molecule has 0 aliphatic heterocycles. The standard InChI is InChI=1S/C10H14N2O5S/c1-3-12-6-8(4-5-9(12)13)11-18(16,17)7(2)10(14)15/h4-7,11H,3H2,1-2H3,(H,14,15). The second-order valence-corrected chi connectivity index (χ2v) is 5.67. The first kappa shape index (κ1) is 14.2.